The molecule has 0 bridgehead atoms. The smallest absolute Gasteiger partial charge is 0.251 e. The van der Waals surface area contributed by atoms with E-state index in [0.29, 0.717) is 25.6 Å². The van der Waals surface area contributed by atoms with E-state index < -0.39 is 5.82 Å². The van der Waals surface area contributed by atoms with Gasteiger partial charge < -0.3 is 16.0 Å². The Labute approximate surface area is 161 Å². The number of amides is 2. The minimum atomic E-state index is -0.601. The van der Waals surface area contributed by atoms with E-state index in [0.717, 1.165) is 0 Å². The number of carbonyl (C=O) groups excluding carboxylic acids is 2. The molecule has 0 aromatic heterocycles. The van der Waals surface area contributed by atoms with Gasteiger partial charge in [0.25, 0.3) is 5.91 Å². The lowest BCUT2D eigenvalue weighted by atomic mass is 10.1. The predicted octanol–water partition coefficient (Wildman–Crippen LogP) is 3.85. The van der Waals surface area contributed by atoms with Gasteiger partial charge >= 0.3 is 0 Å². The molecule has 1 aromatic rings. The van der Waals surface area contributed by atoms with Gasteiger partial charge in [-0.15, -0.1) is 0 Å². The van der Waals surface area contributed by atoms with Gasteiger partial charge in [0.1, 0.15) is 5.82 Å². The number of rotatable bonds is 8. The van der Waals surface area contributed by atoms with Crippen molar-refractivity contribution in [2.75, 3.05) is 18.4 Å². The van der Waals surface area contributed by atoms with Gasteiger partial charge in [-0.3, -0.25) is 9.59 Å². The average molecular weight is 378 g/mol. The van der Waals surface area contributed by atoms with Crippen LogP contribution >= 0.6 is 0 Å². The van der Waals surface area contributed by atoms with Crippen LogP contribution in [0.15, 0.2) is 18.2 Å². The van der Waals surface area contributed by atoms with Gasteiger partial charge in [0.2, 0.25) is 5.91 Å². The lowest BCUT2D eigenvalue weighted by molar-refractivity contribution is -0.116. The zero-order chi connectivity index (χ0) is 19.6. The molecular weight excluding hydrogens is 345 g/mol. The van der Waals surface area contributed by atoms with E-state index in [1.165, 1.54) is 56.7 Å². The molecule has 1 aliphatic carbocycles. The largest absolute Gasteiger partial charge is 0.351 e. The van der Waals surface area contributed by atoms with Crippen LogP contribution in [0.2, 0.25) is 0 Å². The summed E-state index contributed by atoms with van der Waals surface area (Å²) in [5, 5.41) is 8.85. The van der Waals surface area contributed by atoms with Crippen molar-refractivity contribution in [2.45, 2.75) is 64.8 Å². The standard InChI is InChI=1S/C21H32FN3O2/c1-15(2)13-20(26)25-19-10-9-16(14-18(19)22)21(27)24-12-11-23-17-7-5-3-4-6-8-17/h9-10,14-15,17,23H,3-8,11-13H2,1-2H3,(H,24,27)(H,25,26). The van der Waals surface area contributed by atoms with Gasteiger partial charge in [-0.25, -0.2) is 4.39 Å². The molecule has 1 fully saturated rings. The molecule has 1 aliphatic rings. The molecule has 0 aliphatic heterocycles. The molecule has 3 N–H and O–H groups in total. The number of carbonyl (C=O) groups is 2. The number of benzene rings is 1. The summed E-state index contributed by atoms with van der Waals surface area (Å²) in [5.41, 5.74) is 0.357. The van der Waals surface area contributed by atoms with Crippen LogP contribution in [0, 0.1) is 11.7 Å². The molecule has 2 amide bonds. The third kappa shape index (κ3) is 7.67. The van der Waals surface area contributed by atoms with Gasteiger partial charge in [0.05, 0.1) is 5.69 Å². The van der Waals surface area contributed by atoms with E-state index in [-0.39, 0.29) is 29.0 Å². The lowest BCUT2D eigenvalue weighted by Gasteiger charge is -2.16. The Kier molecular flexibility index (Phi) is 8.72. The molecule has 1 saturated carbocycles. The molecule has 0 unspecified atom stereocenters. The third-order valence-corrected chi connectivity index (χ3v) is 4.80. The van der Waals surface area contributed by atoms with Crippen molar-refractivity contribution in [3.05, 3.63) is 29.6 Å². The second kappa shape index (κ2) is 11.0. The van der Waals surface area contributed by atoms with Crippen molar-refractivity contribution in [1.82, 2.24) is 10.6 Å². The van der Waals surface area contributed by atoms with Crippen LogP contribution in [0.4, 0.5) is 10.1 Å². The van der Waals surface area contributed by atoms with E-state index in [2.05, 4.69) is 16.0 Å². The van der Waals surface area contributed by atoms with E-state index in [4.69, 9.17) is 0 Å². The van der Waals surface area contributed by atoms with Crippen molar-refractivity contribution in [3.8, 4) is 0 Å². The van der Waals surface area contributed by atoms with Gasteiger partial charge in [-0.1, -0.05) is 39.5 Å². The summed E-state index contributed by atoms with van der Waals surface area (Å²) in [6.45, 7) is 5.06. The number of hydrogen-bond acceptors (Lipinski definition) is 3. The lowest BCUT2D eigenvalue weighted by Crippen LogP contribution is -2.36. The van der Waals surface area contributed by atoms with Crippen molar-refractivity contribution in [2.24, 2.45) is 5.92 Å². The summed E-state index contributed by atoms with van der Waals surface area (Å²) < 4.78 is 14.2. The third-order valence-electron chi connectivity index (χ3n) is 4.80. The maximum atomic E-state index is 14.2. The summed E-state index contributed by atoms with van der Waals surface area (Å²) in [4.78, 5) is 23.9. The van der Waals surface area contributed by atoms with Crippen LogP contribution in [-0.4, -0.2) is 30.9 Å². The molecule has 5 nitrogen and oxygen atoms in total. The average Bonchev–Trinajstić information content (AvgIpc) is 2.88. The number of anilines is 1. The van der Waals surface area contributed by atoms with Gasteiger partial charge in [0.15, 0.2) is 0 Å². The topological polar surface area (TPSA) is 70.2 Å². The summed E-state index contributed by atoms with van der Waals surface area (Å²) >= 11 is 0. The first-order valence-electron chi connectivity index (χ1n) is 10.1. The van der Waals surface area contributed by atoms with Crippen LogP contribution in [0.25, 0.3) is 0 Å². The maximum Gasteiger partial charge on any atom is 0.251 e. The highest BCUT2D eigenvalue weighted by Gasteiger charge is 2.13. The minimum absolute atomic E-state index is 0.104. The van der Waals surface area contributed by atoms with Crippen LogP contribution in [0.1, 0.15) is 69.2 Å². The van der Waals surface area contributed by atoms with Crippen molar-refractivity contribution in [3.63, 3.8) is 0 Å². The van der Waals surface area contributed by atoms with Gasteiger partial charge in [0, 0.05) is 31.1 Å². The Balaban J connectivity index is 1.77. The second-order valence-corrected chi connectivity index (χ2v) is 7.74. The highest BCUT2D eigenvalue weighted by atomic mass is 19.1. The van der Waals surface area contributed by atoms with E-state index in [1.807, 2.05) is 13.8 Å². The molecule has 6 heteroatoms. The number of nitrogens with one attached hydrogen (secondary N) is 3. The summed E-state index contributed by atoms with van der Waals surface area (Å²) in [6.07, 6.45) is 7.89. The Morgan fingerprint density at radius 2 is 1.81 bits per heavy atom. The van der Waals surface area contributed by atoms with E-state index in [1.54, 1.807) is 0 Å². The molecule has 0 atom stereocenters. The zero-order valence-electron chi connectivity index (χ0n) is 16.4. The first-order chi connectivity index (χ1) is 13.0. The Morgan fingerprint density at radius 1 is 1.11 bits per heavy atom. The van der Waals surface area contributed by atoms with Crippen molar-refractivity contribution >= 4 is 17.5 Å². The molecule has 0 heterocycles. The molecule has 0 spiro atoms. The number of halogens is 1. The fraction of sp³-hybridized carbons (Fsp3) is 0.619. The molecule has 0 saturated heterocycles. The second-order valence-electron chi connectivity index (χ2n) is 7.74. The molecule has 27 heavy (non-hydrogen) atoms. The van der Waals surface area contributed by atoms with E-state index in [9.17, 15) is 14.0 Å². The minimum Gasteiger partial charge on any atom is -0.351 e. The Hall–Kier alpha value is -1.95. The molecular formula is C21H32FN3O2. The summed E-state index contributed by atoms with van der Waals surface area (Å²) in [5.74, 6) is -0.941. The van der Waals surface area contributed by atoms with Crippen LogP contribution < -0.4 is 16.0 Å². The van der Waals surface area contributed by atoms with E-state index >= 15 is 0 Å². The van der Waals surface area contributed by atoms with Crippen molar-refractivity contribution in [1.29, 1.82) is 0 Å². The summed E-state index contributed by atoms with van der Waals surface area (Å²) in [7, 11) is 0. The van der Waals surface area contributed by atoms with Gasteiger partial charge in [-0.2, -0.15) is 0 Å². The Morgan fingerprint density at radius 3 is 2.44 bits per heavy atom. The fourth-order valence-electron chi connectivity index (χ4n) is 3.37. The predicted molar refractivity (Wildman–Crippen MR) is 106 cm³/mol. The first-order valence-corrected chi connectivity index (χ1v) is 10.1. The van der Waals surface area contributed by atoms with Gasteiger partial charge in [-0.05, 0) is 37.0 Å². The molecule has 1 aromatic carbocycles. The zero-order valence-corrected chi connectivity index (χ0v) is 16.4. The fourth-order valence-corrected chi connectivity index (χ4v) is 3.37. The van der Waals surface area contributed by atoms with Crippen LogP contribution in [0.5, 0.6) is 0 Å². The molecule has 0 radical (unpaired) electrons. The van der Waals surface area contributed by atoms with Crippen molar-refractivity contribution < 1.29 is 14.0 Å². The highest BCUT2D eigenvalue weighted by Crippen LogP contribution is 2.18. The quantitative estimate of drug-likeness (QED) is 0.476. The Bertz CT molecular complexity index is 626. The highest BCUT2D eigenvalue weighted by molar-refractivity contribution is 5.96. The molecule has 2 rings (SSSR count). The maximum absolute atomic E-state index is 14.2. The monoisotopic (exact) mass is 377 g/mol. The summed E-state index contributed by atoms with van der Waals surface area (Å²) in [6, 6.07) is 4.67. The van der Waals surface area contributed by atoms with Crippen LogP contribution in [0.3, 0.4) is 0 Å². The van der Waals surface area contributed by atoms with Crippen LogP contribution in [-0.2, 0) is 4.79 Å². The number of hydrogen-bond donors (Lipinski definition) is 3. The molecule has 150 valence electrons. The normalized spacial score (nSPS) is 15.4. The first kappa shape index (κ1) is 21.4. The SMILES string of the molecule is CC(C)CC(=O)Nc1ccc(C(=O)NCCNC2CCCCCC2)cc1F.